The lowest BCUT2D eigenvalue weighted by Gasteiger charge is -2.46. The zero-order valence-corrected chi connectivity index (χ0v) is 31.7. The Kier molecular flexibility index (Phi) is 19.1. The number of carboxylic acids is 1. The SMILES string of the molecule is O=C(O)CCCCC(CCS[C@@H]1O[C@H](CO)[C@@H](O[C@@H]2O[C@H](CO)[C@H](O)C(O)[C@H]2O)[C@@H](O)[C@H]1O)S[C@@H]1O[C@H](CO)[C@@H](O[C@@H]2O[C@H](CO)[C@H](O)C(O)[C@H]2O)C(O)[C@H]1O. The molecule has 4 aliphatic rings. The molecule has 0 bridgehead atoms. The Labute approximate surface area is 329 Å². The van der Waals surface area contributed by atoms with Crippen molar-refractivity contribution < 1.29 is 110 Å². The number of carboxylic acid groups (broad SMARTS) is 1. The second-order valence-corrected chi connectivity index (χ2v) is 16.7. The lowest BCUT2D eigenvalue weighted by Crippen LogP contribution is -2.64. The quantitative estimate of drug-likeness (QED) is 0.0537. The van der Waals surface area contributed by atoms with E-state index in [0.29, 0.717) is 25.7 Å². The molecule has 4 aliphatic heterocycles. The summed E-state index contributed by atoms with van der Waals surface area (Å²) in [6.07, 6.45) is -27.6. The van der Waals surface area contributed by atoms with Crippen molar-refractivity contribution in [1.82, 2.24) is 0 Å². The van der Waals surface area contributed by atoms with Gasteiger partial charge in [0.2, 0.25) is 0 Å². The molecule has 0 spiro atoms. The summed E-state index contributed by atoms with van der Waals surface area (Å²) in [5, 5.41) is 153. The number of aliphatic hydroxyl groups excluding tert-OH is 14. The average molecular weight is 857 g/mol. The van der Waals surface area contributed by atoms with E-state index in [2.05, 4.69) is 0 Å². The van der Waals surface area contributed by atoms with Crippen molar-refractivity contribution in [3.05, 3.63) is 0 Å². The van der Waals surface area contributed by atoms with Crippen molar-refractivity contribution in [2.24, 2.45) is 0 Å². The lowest BCUT2D eigenvalue weighted by molar-refractivity contribution is -0.338. The lowest BCUT2D eigenvalue weighted by atomic mass is 9.97. The molecule has 56 heavy (non-hydrogen) atoms. The van der Waals surface area contributed by atoms with Crippen LogP contribution in [0.4, 0.5) is 0 Å². The summed E-state index contributed by atoms with van der Waals surface area (Å²) in [5.41, 5.74) is -2.31. The third kappa shape index (κ3) is 11.6. The second kappa shape index (κ2) is 22.3. The van der Waals surface area contributed by atoms with Crippen molar-refractivity contribution >= 4 is 29.5 Å². The third-order valence-electron chi connectivity index (χ3n) is 10.1. The topological polar surface area (TPSA) is 376 Å². The number of aliphatic carboxylic acids is 1. The maximum Gasteiger partial charge on any atom is 0.303 e. The van der Waals surface area contributed by atoms with Gasteiger partial charge in [0.15, 0.2) is 12.6 Å². The molecule has 0 aromatic heterocycles. The molecule has 21 atom stereocenters. The number of hydrogen-bond donors (Lipinski definition) is 15. The van der Waals surface area contributed by atoms with Crippen molar-refractivity contribution in [2.75, 3.05) is 32.2 Å². The van der Waals surface area contributed by atoms with Crippen LogP contribution >= 0.6 is 23.5 Å². The summed E-state index contributed by atoms with van der Waals surface area (Å²) in [6, 6.07) is 0. The first-order chi connectivity index (χ1) is 26.6. The number of carbonyl (C=O) groups is 1. The van der Waals surface area contributed by atoms with E-state index in [0.717, 1.165) is 23.5 Å². The fourth-order valence-corrected chi connectivity index (χ4v) is 9.64. The Bertz CT molecular complexity index is 1170. The first-order valence-corrected chi connectivity index (χ1v) is 20.2. The van der Waals surface area contributed by atoms with E-state index in [9.17, 15) is 76.3 Å². The van der Waals surface area contributed by atoms with Gasteiger partial charge in [-0.05, 0) is 25.0 Å². The van der Waals surface area contributed by atoms with Gasteiger partial charge in [-0.1, -0.05) is 6.42 Å². The molecule has 4 heterocycles. The van der Waals surface area contributed by atoms with Crippen LogP contribution in [0.2, 0.25) is 0 Å². The molecule has 15 N–H and O–H groups in total. The maximum absolute atomic E-state index is 11.1. The number of aliphatic hydroxyl groups is 14. The van der Waals surface area contributed by atoms with Gasteiger partial charge < -0.3 is 105 Å². The van der Waals surface area contributed by atoms with E-state index in [-0.39, 0.29) is 12.2 Å². The van der Waals surface area contributed by atoms with Crippen LogP contribution in [0.25, 0.3) is 0 Å². The van der Waals surface area contributed by atoms with Crippen LogP contribution in [0.15, 0.2) is 0 Å². The fourth-order valence-electron chi connectivity index (χ4n) is 6.79. The van der Waals surface area contributed by atoms with Crippen molar-refractivity contribution in [2.45, 2.75) is 158 Å². The monoisotopic (exact) mass is 856 g/mol. The first kappa shape index (κ1) is 48.0. The molecule has 0 saturated carbocycles. The molecule has 0 radical (unpaired) electrons. The zero-order chi connectivity index (χ0) is 41.4. The molecule has 0 aromatic carbocycles. The highest BCUT2D eigenvalue weighted by Gasteiger charge is 2.52. The van der Waals surface area contributed by atoms with Gasteiger partial charge in [0.1, 0.15) is 109 Å². The Hall–Kier alpha value is -0.630. The molecule has 0 aromatic rings. The van der Waals surface area contributed by atoms with Gasteiger partial charge in [0, 0.05) is 11.7 Å². The molecule has 4 unspecified atom stereocenters. The Morgan fingerprint density at radius 1 is 0.518 bits per heavy atom. The van der Waals surface area contributed by atoms with E-state index >= 15 is 0 Å². The molecule has 4 rings (SSSR count). The highest BCUT2D eigenvalue weighted by molar-refractivity contribution is 8.01. The van der Waals surface area contributed by atoms with Crippen molar-refractivity contribution in [3.8, 4) is 0 Å². The Morgan fingerprint density at radius 2 is 0.964 bits per heavy atom. The number of thioether (sulfide) groups is 2. The highest BCUT2D eigenvalue weighted by Crippen LogP contribution is 2.38. The van der Waals surface area contributed by atoms with Crippen LogP contribution < -0.4 is 0 Å². The van der Waals surface area contributed by atoms with Crippen LogP contribution in [0.1, 0.15) is 32.1 Å². The minimum Gasteiger partial charge on any atom is -0.481 e. The molecule has 328 valence electrons. The van der Waals surface area contributed by atoms with E-state index in [1.807, 2.05) is 0 Å². The molecule has 0 aliphatic carbocycles. The van der Waals surface area contributed by atoms with E-state index in [1.54, 1.807) is 0 Å². The number of rotatable bonds is 19. The van der Waals surface area contributed by atoms with Gasteiger partial charge in [-0.2, -0.15) is 0 Å². The first-order valence-electron chi connectivity index (χ1n) is 18.2. The van der Waals surface area contributed by atoms with E-state index in [4.69, 9.17) is 33.5 Å². The zero-order valence-electron chi connectivity index (χ0n) is 30.1. The van der Waals surface area contributed by atoms with Gasteiger partial charge in [-0.3, -0.25) is 4.79 Å². The summed E-state index contributed by atoms with van der Waals surface area (Å²) < 4.78 is 33.6. The molecule has 0 amide bonds. The fraction of sp³-hybridized carbons (Fsp3) is 0.969. The van der Waals surface area contributed by atoms with Gasteiger partial charge in [0.05, 0.1) is 26.4 Å². The summed E-state index contributed by atoms with van der Waals surface area (Å²) in [7, 11) is 0. The summed E-state index contributed by atoms with van der Waals surface area (Å²) >= 11 is 2.12. The minimum atomic E-state index is -1.84. The smallest absolute Gasteiger partial charge is 0.303 e. The molecule has 4 saturated heterocycles. The molecule has 24 heteroatoms. The molecule has 22 nitrogen and oxygen atoms in total. The van der Waals surface area contributed by atoms with Gasteiger partial charge in [-0.15, -0.1) is 23.5 Å². The second-order valence-electron chi connectivity index (χ2n) is 14.1. The molecular formula is C32H56O22S2. The van der Waals surface area contributed by atoms with Crippen molar-refractivity contribution in [3.63, 3.8) is 0 Å². The minimum absolute atomic E-state index is 0.105. The molecule has 4 fully saturated rings. The predicted octanol–water partition coefficient (Wildman–Crippen LogP) is -6.90. The van der Waals surface area contributed by atoms with Gasteiger partial charge in [-0.25, -0.2) is 0 Å². The van der Waals surface area contributed by atoms with Gasteiger partial charge in [0.25, 0.3) is 0 Å². The molecular weight excluding hydrogens is 800 g/mol. The van der Waals surface area contributed by atoms with Crippen LogP contribution in [0.5, 0.6) is 0 Å². The van der Waals surface area contributed by atoms with Crippen LogP contribution in [0.3, 0.4) is 0 Å². The predicted molar refractivity (Wildman–Crippen MR) is 187 cm³/mol. The van der Waals surface area contributed by atoms with E-state index < -0.39 is 159 Å². The largest absolute Gasteiger partial charge is 0.481 e. The van der Waals surface area contributed by atoms with Crippen LogP contribution in [0, 0.1) is 0 Å². The number of ether oxygens (including phenoxy) is 6. The third-order valence-corrected chi connectivity index (χ3v) is 12.8. The standard InChI is InChI=1S/C32H56O22S2/c33-7-12-17(39)19(41)23(45)29(49-12)53-27-14(9-35)51-31(25(47)21(27)43)55-6-5-11(3-1-2-4-16(37)38)56-32-26(48)22(44)28(15(10-36)52-32)54-30-24(46)20(42)18(40)13(8-34)50-30/h11-15,17-36,39-48H,1-10H2,(H,37,38)/t11?,12-,13-,14-,15-,17+,18+,19?,20?,21+,22?,23-,24-,25-,26-,27-,28-,29+,30+,31+,32+/m1/s1. The van der Waals surface area contributed by atoms with Gasteiger partial charge >= 0.3 is 5.97 Å². The normalized spacial score (nSPS) is 45.4. The van der Waals surface area contributed by atoms with Crippen molar-refractivity contribution in [1.29, 1.82) is 0 Å². The number of hydrogen-bond acceptors (Lipinski definition) is 23. The van der Waals surface area contributed by atoms with E-state index in [1.165, 1.54) is 0 Å². The summed E-state index contributed by atoms with van der Waals surface area (Å²) in [5.74, 6) is -0.775. The average Bonchev–Trinajstić information content (AvgIpc) is 3.18. The van der Waals surface area contributed by atoms with Crippen LogP contribution in [-0.2, 0) is 33.2 Å². The summed E-state index contributed by atoms with van der Waals surface area (Å²) in [4.78, 5) is 11.1. The Morgan fingerprint density at radius 3 is 1.41 bits per heavy atom. The Balaban J connectivity index is 1.38. The maximum atomic E-state index is 11.1. The summed E-state index contributed by atoms with van der Waals surface area (Å²) in [6.45, 7) is -2.96. The number of unbranched alkanes of at least 4 members (excludes halogenated alkanes) is 1. The highest BCUT2D eigenvalue weighted by atomic mass is 32.2. The van der Waals surface area contributed by atoms with Crippen LogP contribution in [-0.4, -0.2) is 241 Å².